The SMILES string of the molecule is CS(=O)(=O)OOc1ccccn1. The van der Waals surface area contributed by atoms with Gasteiger partial charge >= 0.3 is 0 Å². The van der Waals surface area contributed by atoms with Crippen LogP contribution >= 0.6 is 0 Å². The maximum absolute atomic E-state index is 10.4. The third-order valence-corrected chi connectivity index (χ3v) is 1.20. The molecule has 0 aliphatic rings. The summed E-state index contributed by atoms with van der Waals surface area (Å²) in [5.41, 5.74) is 0. The quantitative estimate of drug-likeness (QED) is 0.507. The Kier molecular flexibility index (Phi) is 2.61. The molecule has 0 fully saturated rings. The van der Waals surface area contributed by atoms with Crippen LogP contribution in [0.3, 0.4) is 0 Å². The summed E-state index contributed by atoms with van der Waals surface area (Å²) in [4.78, 5) is 8.04. The van der Waals surface area contributed by atoms with Crippen molar-refractivity contribution < 1.29 is 17.6 Å². The highest BCUT2D eigenvalue weighted by Gasteiger charge is 2.03. The van der Waals surface area contributed by atoms with Gasteiger partial charge in [-0.1, -0.05) is 10.4 Å². The average molecular weight is 189 g/mol. The maximum atomic E-state index is 10.4. The normalized spacial score (nSPS) is 11.1. The van der Waals surface area contributed by atoms with E-state index >= 15 is 0 Å². The number of aromatic nitrogens is 1. The van der Waals surface area contributed by atoms with Crippen molar-refractivity contribution in [3.05, 3.63) is 24.4 Å². The van der Waals surface area contributed by atoms with Crippen molar-refractivity contribution in [1.82, 2.24) is 4.98 Å². The van der Waals surface area contributed by atoms with Crippen LogP contribution in [0.2, 0.25) is 0 Å². The highest BCUT2D eigenvalue weighted by Crippen LogP contribution is 2.04. The molecule has 0 unspecified atom stereocenters. The molecule has 0 aromatic carbocycles. The van der Waals surface area contributed by atoms with E-state index in [1.54, 1.807) is 12.1 Å². The molecule has 0 spiro atoms. The molecule has 0 bridgehead atoms. The number of hydrogen-bond acceptors (Lipinski definition) is 5. The van der Waals surface area contributed by atoms with E-state index in [9.17, 15) is 8.42 Å². The van der Waals surface area contributed by atoms with Crippen LogP contribution in [-0.2, 0) is 14.5 Å². The van der Waals surface area contributed by atoms with E-state index in [1.807, 2.05) is 0 Å². The van der Waals surface area contributed by atoms with Gasteiger partial charge in [0.05, 0.1) is 6.26 Å². The van der Waals surface area contributed by atoms with Crippen LogP contribution in [-0.4, -0.2) is 19.7 Å². The highest BCUT2D eigenvalue weighted by atomic mass is 32.2. The number of pyridine rings is 1. The molecule has 0 saturated heterocycles. The predicted molar refractivity (Wildman–Crippen MR) is 40.8 cm³/mol. The lowest BCUT2D eigenvalue weighted by Gasteiger charge is -1.98. The summed E-state index contributed by atoms with van der Waals surface area (Å²) in [5, 5.41) is 0. The third kappa shape index (κ3) is 3.31. The zero-order valence-corrected chi connectivity index (χ0v) is 7.11. The van der Waals surface area contributed by atoms with Gasteiger partial charge in [0.25, 0.3) is 16.0 Å². The molecule has 1 heterocycles. The van der Waals surface area contributed by atoms with Gasteiger partial charge in [-0.15, -0.1) is 0 Å². The van der Waals surface area contributed by atoms with Crippen LogP contribution in [0.15, 0.2) is 24.4 Å². The Labute approximate surface area is 70.0 Å². The minimum absolute atomic E-state index is 0.0999. The molecule has 0 saturated carbocycles. The molecule has 0 aliphatic carbocycles. The molecule has 0 atom stereocenters. The van der Waals surface area contributed by atoms with E-state index in [1.165, 1.54) is 12.3 Å². The molecule has 0 amide bonds. The van der Waals surface area contributed by atoms with Crippen molar-refractivity contribution in [3.8, 4) is 5.88 Å². The van der Waals surface area contributed by atoms with E-state index in [2.05, 4.69) is 14.2 Å². The summed E-state index contributed by atoms with van der Waals surface area (Å²) < 4.78 is 24.9. The van der Waals surface area contributed by atoms with Crippen molar-refractivity contribution in [2.24, 2.45) is 0 Å². The second kappa shape index (κ2) is 3.51. The molecule has 6 heteroatoms. The van der Waals surface area contributed by atoms with Crippen molar-refractivity contribution in [3.63, 3.8) is 0 Å². The van der Waals surface area contributed by atoms with E-state index in [-0.39, 0.29) is 5.88 Å². The lowest BCUT2D eigenvalue weighted by atomic mass is 10.5. The van der Waals surface area contributed by atoms with Crippen LogP contribution in [0.25, 0.3) is 0 Å². The third-order valence-electron chi connectivity index (χ3n) is 0.881. The standard InChI is InChI=1S/C6H7NO4S/c1-12(8,9)11-10-6-4-2-3-5-7-6/h2-5H,1H3. The summed E-state index contributed by atoms with van der Waals surface area (Å²) >= 11 is 0. The molecule has 5 nitrogen and oxygen atoms in total. The molecular weight excluding hydrogens is 182 g/mol. The zero-order valence-electron chi connectivity index (χ0n) is 6.30. The Morgan fingerprint density at radius 1 is 1.42 bits per heavy atom. The lowest BCUT2D eigenvalue weighted by Crippen LogP contribution is -2.06. The molecule has 12 heavy (non-hydrogen) atoms. The summed E-state index contributed by atoms with van der Waals surface area (Å²) in [6, 6.07) is 4.80. The van der Waals surface area contributed by atoms with Gasteiger partial charge in [0.2, 0.25) is 0 Å². The van der Waals surface area contributed by atoms with Gasteiger partial charge in [-0.2, -0.15) is 8.42 Å². The Hall–Kier alpha value is -1.14. The molecule has 0 N–H and O–H groups in total. The van der Waals surface area contributed by atoms with Gasteiger partial charge in [0.15, 0.2) is 0 Å². The zero-order chi connectivity index (χ0) is 9.03. The summed E-state index contributed by atoms with van der Waals surface area (Å²) in [6.45, 7) is 0. The monoisotopic (exact) mass is 189 g/mol. The molecule has 1 aromatic rings. The second-order valence-electron chi connectivity index (χ2n) is 2.02. The number of hydrogen-bond donors (Lipinski definition) is 0. The molecule has 0 radical (unpaired) electrons. The van der Waals surface area contributed by atoms with Gasteiger partial charge in [-0.3, -0.25) is 0 Å². The van der Waals surface area contributed by atoms with Gasteiger partial charge in [0.1, 0.15) is 0 Å². The minimum Gasteiger partial charge on any atom is -0.300 e. The molecule has 0 aliphatic heterocycles. The first-order valence-corrected chi connectivity index (χ1v) is 4.87. The van der Waals surface area contributed by atoms with E-state index < -0.39 is 10.1 Å². The summed E-state index contributed by atoms with van der Waals surface area (Å²) in [5.74, 6) is 0.0999. The Bertz CT molecular complexity index is 334. The van der Waals surface area contributed by atoms with Gasteiger partial charge in [-0.05, 0) is 6.07 Å². The number of rotatable bonds is 3. The first-order valence-electron chi connectivity index (χ1n) is 3.05. The van der Waals surface area contributed by atoms with Crippen molar-refractivity contribution in [2.75, 3.05) is 6.26 Å². The first-order chi connectivity index (χ1) is 5.58. The minimum atomic E-state index is -3.58. The molecule has 1 rings (SSSR count). The fourth-order valence-electron chi connectivity index (χ4n) is 0.493. The van der Waals surface area contributed by atoms with Gasteiger partial charge in [0, 0.05) is 12.3 Å². The summed E-state index contributed by atoms with van der Waals surface area (Å²) in [7, 11) is -3.58. The average Bonchev–Trinajstić information content (AvgIpc) is 2.02. The fourth-order valence-corrected chi connectivity index (χ4v) is 0.686. The second-order valence-corrected chi connectivity index (χ2v) is 3.57. The van der Waals surface area contributed by atoms with E-state index in [0.29, 0.717) is 0 Å². The van der Waals surface area contributed by atoms with Crippen molar-refractivity contribution in [2.45, 2.75) is 0 Å². The largest absolute Gasteiger partial charge is 0.300 e. The van der Waals surface area contributed by atoms with Crippen LogP contribution in [0.5, 0.6) is 5.88 Å². The van der Waals surface area contributed by atoms with Crippen LogP contribution in [0.4, 0.5) is 0 Å². The first kappa shape index (κ1) is 8.95. The van der Waals surface area contributed by atoms with Gasteiger partial charge in [-0.25, -0.2) is 4.98 Å². The van der Waals surface area contributed by atoms with Crippen LogP contribution in [0, 0.1) is 0 Å². The van der Waals surface area contributed by atoms with E-state index in [4.69, 9.17) is 0 Å². The Morgan fingerprint density at radius 3 is 2.67 bits per heavy atom. The lowest BCUT2D eigenvalue weighted by molar-refractivity contribution is -0.0960. The molecule has 66 valence electrons. The van der Waals surface area contributed by atoms with Crippen LogP contribution in [0.1, 0.15) is 0 Å². The van der Waals surface area contributed by atoms with Crippen molar-refractivity contribution in [1.29, 1.82) is 0 Å². The summed E-state index contributed by atoms with van der Waals surface area (Å²) in [6.07, 6.45) is 2.34. The fraction of sp³-hybridized carbons (Fsp3) is 0.167. The Balaban J connectivity index is 2.56. The Morgan fingerprint density at radius 2 is 2.17 bits per heavy atom. The van der Waals surface area contributed by atoms with Crippen LogP contribution < -0.4 is 4.89 Å². The topological polar surface area (TPSA) is 65.5 Å². The van der Waals surface area contributed by atoms with Gasteiger partial charge < -0.3 is 4.89 Å². The molecule has 1 aromatic heterocycles. The van der Waals surface area contributed by atoms with Crippen molar-refractivity contribution >= 4 is 10.1 Å². The smallest absolute Gasteiger partial charge is 0.300 e. The van der Waals surface area contributed by atoms with E-state index in [0.717, 1.165) is 6.26 Å². The number of nitrogens with zero attached hydrogens (tertiary/aromatic N) is 1. The predicted octanol–water partition coefficient (Wildman–Crippen LogP) is 0.352. The maximum Gasteiger partial charge on any atom is 0.300 e. The highest BCUT2D eigenvalue weighted by molar-refractivity contribution is 7.85. The molecular formula is C6H7NO4S.